The maximum atomic E-state index is 13.2. The number of hydrogen-bond donors (Lipinski definition) is 7. The number of aryl methyl sites for hydroxylation is 1. The van der Waals surface area contributed by atoms with Crippen molar-refractivity contribution in [1.29, 1.82) is 0 Å². The Morgan fingerprint density at radius 1 is 0.925 bits per heavy atom. The molecule has 67 heavy (non-hydrogen) atoms. The SMILES string of the molecule is Cc1cc(Nc2ncc(Cl)c(Nc3ccccc3S(=O)(=O)C(C)C)n2)c(OC(C)C)cc1C1CCN(C(=O)OCc2ccc(NC(=O)[C@H](CCCNC(N)=O)NC(=O)[C@@H](N)C(C)C)cc2)CC1. The fourth-order valence-corrected chi connectivity index (χ4v) is 8.65. The zero-order valence-corrected chi connectivity index (χ0v) is 40.6. The average Bonchev–Trinajstić information content (AvgIpc) is 3.28. The summed E-state index contributed by atoms with van der Waals surface area (Å²) in [6.45, 7) is 14.0. The lowest BCUT2D eigenvalue weighted by molar-refractivity contribution is -0.128. The Hall–Kier alpha value is -6.18. The van der Waals surface area contributed by atoms with Crippen LogP contribution < -0.4 is 42.8 Å². The number of piperidine rings is 1. The van der Waals surface area contributed by atoms with E-state index in [9.17, 15) is 27.6 Å². The van der Waals surface area contributed by atoms with Crippen LogP contribution in [0.4, 0.5) is 38.4 Å². The van der Waals surface area contributed by atoms with Gasteiger partial charge < -0.3 is 52.4 Å². The van der Waals surface area contributed by atoms with E-state index in [1.54, 1.807) is 67.3 Å². The van der Waals surface area contributed by atoms with Gasteiger partial charge in [-0.25, -0.2) is 23.0 Å². The van der Waals surface area contributed by atoms with Gasteiger partial charge in [0.2, 0.25) is 17.8 Å². The first-order valence-electron chi connectivity index (χ1n) is 22.3. The molecule has 20 heteroatoms. The maximum absolute atomic E-state index is 13.2. The minimum atomic E-state index is -3.61. The van der Waals surface area contributed by atoms with Crippen molar-refractivity contribution in [1.82, 2.24) is 25.5 Å². The van der Waals surface area contributed by atoms with E-state index in [1.165, 1.54) is 6.20 Å². The maximum Gasteiger partial charge on any atom is 0.410 e. The molecule has 4 aromatic rings. The highest BCUT2D eigenvalue weighted by molar-refractivity contribution is 7.92. The van der Waals surface area contributed by atoms with E-state index in [4.69, 9.17) is 32.5 Å². The van der Waals surface area contributed by atoms with Gasteiger partial charge in [-0.15, -0.1) is 0 Å². The number of sulfone groups is 1. The van der Waals surface area contributed by atoms with E-state index in [0.717, 1.165) is 11.1 Å². The predicted octanol–water partition coefficient (Wildman–Crippen LogP) is 7.27. The summed E-state index contributed by atoms with van der Waals surface area (Å²) in [5, 5.41) is 13.9. The van der Waals surface area contributed by atoms with Gasteiger partial charge in [0, 0.05) is 25.3 Å². The monoisotopic (exact) mass is 962 g/mol. The molecule has 0 radical (unpaired) electrons. The number of urea groups is 1. The second-order valence-electron chi connectivity index (χ2n) is 17.4. The number of nitrogens with two attached hydrogens (primary N) is 2. The van der Waals surface area contributed by atoms with E-state index < -0.39 is 51.1 Å². The zero-order chi connectivity index (χ0) is 49.0. The number of likely N-dealkylation sites (tertiary alicyclic amines) is 1. The molecule has 0 saturated carbocycles. The van der Waals surface area contributed by atoms with Crippen LogP contribution in [-0.2, 0) is 30.8 Å². The minimum Gasteiger partial charge on any atom is -0.489 e. The molecule has 0 unspecified atom stereocenters. The van der Waals surface area contributed by atoms with Gasteiger partial charge in [0.15, 0.2) is 15.7 Å². The highest BCUT2D eigenvalue weighted by Gasteiger charge is 2.29. The molecule has 1 saturated heterocycles. The molecule has 3 aromatic carbocycles. The topological polar surface area (TPSA) is 262 Å². The number of benzene rings is 3. The Morgan fingerprint density at radius 3 is 2.25 bits per heavy atom. The summed E-state index contributed by atoms with van der Waals surface area (Å²) < 4.78 is 38.2. The molecule has 2 heterocycles. The van der Waals surface area contributed by atoms with Crippen LogP contribution in [0.3, 0.4) is 0 Å². The Bertz CT molecular complexity index is 2480. The summed E-state index contributed by atoms with van der Waals surface area (Å²) in [6.07, 6.45) is 2.88. The van der Waals surface area contributed by atoms with E-state index in [0.29, 0.717) is 60.7 Å². The van der Waals surface area contributed by atoms with Crippen LogP contribution in [0.25, 0.3) is 0 Å². The molecule has 0 aliphatic carbocycles. The van der Waals surface area contributed by atoms with Gasteiger partial charge in [-0.2, -0.15) is 4.98 Å². The first-order chi connectivity index (χ1) is 31.7. The quantitative estimate of drug-likeness (QED) is 0.0431. The van der Waals surface area contributed by atoms with Gasteiger partial charge >= 0.3 is 12.1 Å². The number of nitrogens with zero attached hydrogens (tertiary/aromatic N) is 3. The van der Waals surface area contributed by atoms with Crippen molar-refractivity contribution in [3.8, 4) is 5.75 Å². The van der Waals surface area contributed by atoms with Crippen molar-refractivity contribution in [3.63, 3.8) is 0 Å². The highest BCUT2D eigenvalue weighted by atomic mass is 35.5. The van der Waals surface area contributed by atoms with Crippen molar-refractivity contribution in [3.05, 3.63) is 88.6 Å². The van der Waals surface area contributed by atoms with Gasteiger partial charge in [-0.3, -0.25) is 9.59 Å². The molecular formula is C47H63ClN10O8S. The molecule has 18 nitrogen and oxygen atoms in total. The number of primary amides is 1. The van der Waals surface area contributed by atoms with Crippen LogP contribution >= 0.6 is 11.6 Å². The molecule has 5 amide bonds. The Morgan fingerprint density at radius 2 is 1.61 bits per heavy atom. The van der Waals surface area contributed by atoms with Crippen molar-refractivity contribution in [2.75, 3.05) is 35.6 Å². The second kappa shape index (κ2) is 23.5. The molecule has 0 spiro atoms. The van der Waals surface area contributed by atoms with E-state index >= 15 is 0 Å². The van der Waals surface area contributed by atoms with Gasteiger partial charge in [-0.1, -0.05) is 49.7 Å². The highest BCUT2D eigenvalue weighted by Crippen LogP contribution is 2.39. The second-order valence-corrected chi connectivity index (χ2v) is 20.2. The molecule has 1 aliphatic rings. The molecule has 9 N–H and O–H groups in total. The number of hydrogen-bond acceptors (Lipinski definition) is 13. The van der Waals surface area contributed by atoms with E-state index in [2.05, 4.69) is 36.6 Å². The van der Waals surface area contributed by atoms with Gasteiger partial charge in [-0.05, 0) is 125 Å². The number of aromatic nitrogens is 2. The number of carbonyl (C=O) groups is 4. The summed E-state index contributed by atoms with van der Waals surface area (Å²) in [5.41, 5.74) is 15.4. The van der Waals surface area contributed by atoms with Crippen LogP contribution in [0, 0.1) is 12.8 Å². The number of anilines is 5. The first-order valence-corrected chi connectivity index (χ1v) is 24.3. The number of ether oxygens (including phenoxy) is 2. The molecule has 1 aromatic heterocycles. The lowest BCUT2D eigenvalue weighted by Gasteiger charge is -2.32. The predicted molar refractivity (Wildman–Crippen MR) is 260 cm³/mol. The molecule has 5 rings (SSSR count). The number of amides is 5. The zero-order valence-electron chi connectivity index (χ0n) is 39.0. The minimum absolute atomic E-state index is 0.0251. The molecule has 1 aliphatic heterocycles. The van der Waals surface area contributed by atoms with Crippen LogP contribution in [-0.4, -0.2) is 90.3 Å². The van der Waals surface area contributed by atoms with Crippen molar-refractivity contribution < 1.29 is 37.1 Å². The third-order valence-electron chi connectivity index (χ3n) is 11.2. The van der Waals surface area contributed by atoms with Crippen LogP contribution in [0.1, 0.15) is 89.8 Å². The number of halogens is 1. The summed E-state index contributed by atoms with van der Waals surface area (Å²) in [7, 11) is -3.61. The van der Waals surface area contributed by atoms with Gasteiger partial charge in [0.25, 0.3) is 0 Å². The van der Waals surface area contributed by atoms with Crippen molar-refractivity contribution >= 4 is 74.2 Å². The fraction of sp³-hybridized carbons (Fsp3) is 0.447. The lowest BCUT2D eigenvalue weighted by atomic mass is 9.86. The lowest BCUT2D eigenvalue weighted by Crippen LogP contribution is -2.51. The van der Waals surface area contributed by atoms with Crippen LogP contribution in [0.15, 0.2) is 71.8 Å². The fourth-order valence-electron chi connectivity index (χ4n) is 7.31. The third-order valence-corrected chi connectivity index (χ3v) is 13.7. The number of nitrogens with one attached hydrogen (secondary N) is 5. The molecular weight excluding hydrogens is 900 g/mol. The number of carbonyl (C=O) groups excluding carboxylic acids is 4. The largest absolute Gasteiger partial charge is 0.489 e. The summed E-state index contributed by atoms with van der Waals surface area (Å²) in [4.78, 5) is 61.0. The average molecular weight is 964 g/mol. The summed E-state index contributed by atoms with van der Waals surface area (Å²) >= 11 is 6.50. The standard InChI is InChI=1S/C47H63ClN10O8S/c1-27(2)41(49)44(60)55-37(12-10-20-51-45(50)61)43(59)53-33-16-14-31(15-17-33)26-65-47(62)58-21-18-32(19-22-58)34-24-39(66-28(3)4)38(23-30(34)7)56-46-52-25-35(48)42(57-46)54-36-11-8-9-13-40(36)67(63,64)29(5)6/h8-9,11,13-17,23-25,27-29,32,37,41H,10,12,18-22,26,49H2,1-7H3,(H,53,59)(H,55,60)(H3,50,51,61)(H2,52,54,56,57)/t37-,41-/m0/s1. The van der Waals surface area contributed by atoms with Crippen LogP contribution in [0.5, 0.6) is 5.75 Å². The molecule has 0 bridgehead atoms. The molecule has 362 valence electrons. The van der Waals surface area contributed by atoms with Crippen molar-refractivity contribution in [2.45, 2.75) is 115 Å². The number of para-hydroxylation sites is 1. The van der Waals surface area contributed by atoms with Gasteiger partial charge in [0.1, 0.15) is 23.4 Å². The van der Waals surface area contributed by atoms with Crippen LogP contribution in [0.2, 0.25) is 5.02 Å². The third kappa shape index (κ3) is 14.4. The Labute approximate surface area is 397 Å². The summed E-state index contributed by atoms with van der Waals surface area (Å²) in [5.74, 6) is 0.139. The Kier molecular flexibility index (Phi) is 18.2. The molecule has 2 atom stereocenters. The normalized spacial score (nSPS) is 14.1. The summed E-state index contributed by atoms with van der Waals surface area (Å²) in [6, 6.07) is 15.1. The number of rotatable bonds is 20. The smallest absolute Gasteiger partial charge is 0.410 e. The Balaban J connectivity index is 1.18. The molecule has 1 fully saturated rings. The van der Waals surface area contributed by atoms with E-state index in [1.807, 2.05) is 46.8 Å². The van der Waals surface area contributed by atoms with Crippen molar-refractivity contribution in [2.24, 2.45) is 17.4 Å². The first kappa shape index (κ1) is 51.8. The van der Waals surface area contributed by atoms with Gasteiger partial charge in [0.05, 0.1) is 39.9 Å². The van der Waals surface area contributed by atoms with E-state index in [-0.39, 0.29) is 59.2 Å².